The predicted octanol–water partition coefficient (Wildman–Crippen LogP) is 2.29. The molecule has 0 unspecified atom stereocenters. The van der Waals surface area contributed by atoms with Gasteiger partial charge in [0.05, 0.1) is 10.7 Å². The van der Waals surface area contributed by atoms with E-state index >= 15 is 0 Å². The second-order valence-electron chi connectivity index (χ2n) is 3.92. The maximum Gasteiger partial charge on any atom is 0.226 e. The maximum atomic E-state index is 9.71. The average molecular weight is 227 g/mol. The summed E-state index contributed by atoms with van der Waals surface area (Å²) in [6.45, 7) is 3.20. The van der Waals surface area contributed by atoms with Crippen molar-refractivity contribution in [2.24, 2.45) is 0 Å². The minimum atomic E-state index is -1.11. The largest absolute Gasteiger partial charge is 0.437 e. The summed E-state index contributed by atoms with van der Waals surface area (Å²) in [6, 6.07) is 3.21. The minimum Gasteiger partial charge on any atom is -0.437 e. The lowest BCUT2D eigenvalue weighted by molar-refractivity contribution is 0.0501. The van der Waals surface area contributed by atoms with Crippen LogP contribution in [-0.4, -0.2) is 10.1 Å². The molecule has 1 aromatic heterocycles. The molecular weight excluding hydrogens is 216 g/mol. The van der Waals surface area contributed by atoms with Crippen molar-refractivity contribution in [2.75, 3.05) is 5.73 Å². The molecule has 0 aliphatic rings. The van der Waals surface area contributed by atoms with Gasteiger partial charge in [0.2, 0.25) is 5.89 Å². The van der Waals surface area contributed by atoms with Gasteiger partial charge in [-0.2, -0.15) is 0 Å². The first-order chi connectivity index (χ1) is 6.88. The van der Waals surface area contributed by atoms with E-state index in [2.05, 4.69) is 4.98 Å². The molecule has 4 nitrogen and oxygen atoms in total. The predicted molar refractivity (Wildman–Crippen MR) is 58.7 cm³/mol. The van der Waals surface area contributed by atoms with Crippen molar-refractivity contribution < 1.29 is 9.52 Å². The van der Waals surface area contributed by atoms with Crippen LogP contribution in [0.2, 0.25) is 5.02 Å². The van der Waals surface area contributed by atoms with E-state index < -0.39 is 5.60 Å². The second-order valence-corrected chi connectivity index (χ2v) is 4.33. The van der Waals surface area contributed by atoms with Gasteiger partial charge in [0.25, 0.3) is 0 Å². The molecule has 3 N–H and O–H groups in total. The fourth-order valence-electron chi connectivity index (χ4n) is 1.23. The Morgan fingerprint density at radius 3 is 2.73 bits per heavy atom. The average Bonchev–Trinajstić information content (AvgIpc) is 2.47. The molecule has 1 aromatic carbocycles. The number of aliphatic hydroxyl groups is 1. The Morgan fingerprint density at radius 1 is 1.47 bits per heavy atom. The van der Waals surface area contributed by atoms with Crippen LogP contribution in [0.25, 0.3) is 11.1 Å². The number of anilines is 1. The summed E-state index contributed by atoms with van der Waals surface area (Å²) in [6.07, 6.45) is 0. The Balaban J connectivity index is 2.66. The molecule has 0 spiro atoms. The van der Waals surface area contributed by atoms with E-state index in [0.717, 1.165) is 0 Å². The molecule has 5 heteroatoms. The molecule has 0 aliphatic heterocycles. The Labute approximate surface area is 91.7 Å². The Hall–Kier alpha value is -1.26. The molecule has 0 bridgehead atoms. The molecule has 0 fully saturated rings. The lowest BCUT2D eigenvalue weighted by Crippen LogP contribution is -2.15. The van der Waals surface area contributed by atoms with Crippen molar-refractivity contribution in [3.05, 3.63) is 23.0 Å². The van der Waals surface area contributed by atoms with Gasteiger partial charge in [0.15, 0.2) is 5.58 Å². The molecule has 0 aliphatic carbocycles. The number of aromatic nitrogens is 1. The Morgan fingerprint density at radius 2 is 2.13 bits per heavy atom. The van der Waals surface area contributed by atoms with Gasteiger partial charge in [-0.3, -0.25) is 0 Å². The van der Waals surface area contributed by atoms with Crippen LogP contribution in [0.3, 0.4) is 0 Å². The van der Waals surface area contributed by atoms with Gasteiger partial charge in [-0.15, -0.1) is 0 Å². The molecule has 0 amide bonds. The van der Waals surface area contributed by atoms with Crippen LogP contribution in [0, 0.1) is 0 Å². The van der Waals surface area contributed by atoms with E-state index in [0.29, 0.717) is 21.8 Å². The van der Waals surface area contributed by atoms with Gasteiger partial charge >= 0.3 is 0 Å². The van der Waals surface area contributed by atoms with Crippen molar-refractivity contribution in [1.29, 1.82) is 0 Å². The van der Waals surface area contributed by atoms with Crippen LogP contribution in [0.15, 0.2) is 16.5 Å². The molecule has 0 atom stereocenters. The number of fused-ring (bicyclic) bond motifs is 1. The highest BCUT2D eigenvalue weighted by atomic mass is 35.5. The number of hydrogen-bond acceptors (Lipinski definition) is 4. The van der Waals surface area contributed by atoms with Crippen LogP contribution < -0.4 is 5.73 Å². The number of halogens is 1. The smallest absolute Gasteiger partial charge is 0.226 e. The summed E-state index contributed by atoms with van der Waals surface area (Å²) in [5.74, 6) is 0.249. The third kappa shape index (κ3) is 1.78. The van der Waals surface area contributed by atoms with E-state index in [4.69, 9.17) is 21.8 Å². The summed E-state index contributed by atoms with van der Waals surface area (Å²) >= 11 is 5.84. The lowest BCUT2D eigenvalue weighted by atomic mass is 10.1. The molecule has 80 valence electrons. The molecule has 0 saturated heterocycles. The van der Waals surface area contributed by atoms with Crippen LogP contribution >= 0.6 is 11.6 Å². The highest BCUT2D eigenvalue weighted by Gasteiger charge is 2.23. The quantitative estimate of drug-likeness (QED) is 0.732. The normalized spacial score (nSPS) is 12.3. The van der Waals surface area contributed by atoms with Crippen LogP contribution in [0.1, 0.15) is 19.7 Å². The number of nitrogens with two attached hydrogens (primary N) is 1. The second kappa shape index (κ2) is 3.12. The van der Waals surface area contributed by atoms with E-state index in [-0.39, 0.29) is 5.89 Å². The van der Waals surface area contributed by atoms with E-state index in [1.54, 1.807) is 26.0 Å². The zero-order chi connectivity index (χ0) is 11.2. The minimum absolute atomic E-state index is 0.249. The summed E-state index contributed by atoms with van der Waals surface area (Å²) in [5.41, 5.74) is 6.06. The van der Waals surface area contributed by atoms with Crippen LogP contribution in [0.5, 0.6) is 0 Å². The summed E-state index contributed by atoms with van der Waals surface area (Å²) < 4.78 is 5.37. The van der Waals surface area contributed by atoms with E-state index in [1.807, 2.05) is 0 Å². The molecule has 2 aromatic rings. The number of hydrogen-bond donors (Lipinski definition) is 2. The summed E-state index contributed by atoms with van der Waals surface area (Å²) in [5, 5.41) is 10.1. The molecule has 2 rings (SSSR count). The summed E-state index contributed by atoms with van der Waals surface area (Å²) in [7, 11) is 0. The number of nitrogen functional groups attached to an aromatic ring is 1. The van der Waals surface area contributed by atoms with Gasteiger partial charge < -0.3 is 15.3 Å². The fourth-order valence-corrected chi connectivity index (χ4v) is 1.38. The number of nitrogens with zero attached hydrogens (tertiary/aromatic N) is 1. The molecule has 1 heterocycles. The molecule has 0 radical (unpaired) electrons. The monoisotopic (exact) mass is 226 g/mol. The Bertz CT molecular complexity index is 475. The van der Waals surface area contributed by atoms with Gasteiger partial charge in [0.1, 0.15) is 11.1 Å². The van der Waals surface area contributed by atoms with Crippen molar-refractivity contribution in [1.82, 2.24) is 4.98 Å². The number of oxazole rings is 1. The molecule has 0 saturated carbocycles. The first kappa shape index (κ1) is 10.3. The SMILES string of the molecule is CC(C)(O)c1nc2cc(Cl)c(N)cc2o1. The van der Waals surface area contributed by atoms with E-state index in [1.165, 1.54) is 0 Å². The third-order valence-electron chi connectivity index (χ3n) is 2.03. The topological polar surface area (TPSA) is 72.3 Å². The first-order valence-corrected chi connectivity index (χ1v) is 4.84. The third-order valence-corrected chi connectivity index (χ3v) is 2.36. The highest BCUT2D eigenvalue weighted by molar-refractivity contribution is 6.33. The first-order valence-electron chi connectivity index (χ1n) is 4.46. The van der Waals surface area contributed by atoms with Crippen molar-refractivity contribution >= 4 is 28.4 Å². The summed E-state index contributed by atoms with van der Waals surface area (Å²) in [4.78, 5) is 4.13. The number of benzene rings is 1. The number of rotatable bonds is 1. The van der Waals surface area contributed by atoms with Crippen LogP contribution in [-0.2, 0) is 5.60 Å². The molecule has 15 heavy (non-hydrogen) atoms. The van der Waals surface area contributed by atoms with Gasteiger partial charge in [-0.05, 0) is 19.9 Å². The van der Waals surface area contributed by atoms with Gasteiger partial charge in [0, 0.05) is 6.07 Å². The fraction of sp³-hybridized carbons (Fsp3) is 0.300. The van der Waals surface area contributed by atoms with Crippen LogP contribution in [0.4, 0.5) is 5.69 Å². The van der Waals surface area contributed by atoms with Gasteiger partial charge in [-0.25, -0.2) is 4.98 Å². The van der Waals surface area contributed by atoms with Crippen molar-refractivity contribution in [2.45, 2.75) is 19.4 Å². The lowest BCUT2D eigenvalue weighted by Gasteiger charge is -2.10. The zero-order valence-corrected chi connectivity index (χ0v) is 9.17. The van der Waals surface area contributed by atoms with Crippen molar-refractivity contribution in [3.8, 4) is 0 Å². The highest BCUT2D eigenvalue weighted by Crippen LogP contribution is 2.29. The Kier molecular flexibility index (Phi) is 2.13. The maximum absolute atomic E-state index is 9.71. The van der Waals surface area contributed by atoms with E-state index in [9.17, 15) is 5.11 Å². The molecular formula is C10H11ClN2O2. The van der Waals surface area contributed by atoms with Crippen molar-refractivity contribution in [3.63, 3.8) is 0 Å². The van der Waals surface area contributed by atoms with Gasteiger partial charge in [-0.1, -0.05) is 11.6 Å². The zero-order valence-electron chi connectivity index (χ0n) is 8.41. The standard InChI is InChI=1S/C10H11ClN2O2/c1-10(2,14)9-13-7-3-5(11)6(12)4-8(7)15-9/h3-4,14H,12H2,1-2H3.